The van der Waals surface area contributed by atoms with Gasteiger partial charge in [0.2, 0.25) is 11.8 Å². The molecule has 2 fully saturated rings. The Morgan fingerprint density at radius 1 is 1.05 bits per heavy atom. The Hall–Kier alpha value is -2.61. The molecule has 0 radical (unpaired) electrons. The van der Waals surface area contributed by atoms with Gasteiger partial charge in [0.15, 0.2) is 0 Å². The van der Waals surface area contributed by atoms with Crippen LogP contribution in [0.5, 0.6) is 11.5 Å². The van der Waals surface area contributed by atoms with Gasteiger partial charge in [-0.1, -0.05) is 50.9 Å². The predicted octanol–water partition coefficient (Wildman–Crippen LogP) is 4.61. The molecule has 2 N–H and O–H groups in total. The zero-order chi connectivity index (χ0) is 26.6. The van der Waals surface area contributed by atoms with Crippen LogP contribution in [0.4, 0.5) is 0 Å². The van der Waals surface area contributed by atoms with Gasteiger partial charge in [0.1, 0.15) is 23.1 Å². The summed E-state index contributed by atoms with van der Waals surface area (Å²) in [7, 11) is 0. The standard InChI is InChI=1S/C29H38ClN3O4/c1-4-5-16-33-27(35)25(26(34)20(2)3)31-28(36)29(33)14-17-32(18-15-29)19-21-6-10-23(11-7-21)37-24-12-8-22(30)9-13-24/h6-13,20,25-26,34H,4-5,14-19H2,1-3H3,(H,31,36)/t25-,26-/m1/s1. The molecule has 2 aliphatic rings. The molecule has 0 aliphatic carbocycles. The van der Waals surface area contributed by atoms with Gasteiger partial charge < -0.3 is 20.1 Å². The molecule has 0 saturated carbocycles. The number of piperidine rings is 1. The number of carbonyl (C=O) groups is 2. The van der Waals surface area contributed by atoms with Gasteiger partial charge in [-0.3, -0.25) is 14.5 Å². The monoisotopic (exact) mass is 527 g/mol. The van der Waals surface area contributed by atoms with Gasteiger partial charge in [0.25, 0.3) is 0 Å². The number of aliphatic hydroxyl groups is 1. The number of aliphatic hydroxyl groups excluding tert-OH is 1. The molecular weight excluding hydrogens is 490 g/mol. The van der Waals surface area contributed by atoms with Crippen LogP contribution in [-0.4, -0.2) is 64.0 Å². The van der Waals surface area contributed by atoms with E-state index in [0.717, 1.165) is 36.4 Å². The van der Waals surface area contributed by atoms with Gasteiger partial charge in [0.05, 0.1) is 6.10 Å². The lowest BCUT2D eigenvalue weighted by Gasteiger charge is -2.52. The third-order valence-electron chi connectivity index (χ3n) is 7.58. The molecule has 1 spiro atoms. The Morgan fingerprint density at radius 2 is 1.65 bits per heavy atom. The van der Waals surface area contributed by atoms with Crippen LogP contribution in [-0.2, 0) is 16.1 Å². The summed E-state index contributed by atoms with van der Waals surface area (Å²) in [6.07, 6.45) is 2.03. The highest BCUT2D eigenvalue weighted by Gasteiger charge is 2.54. The van der Waals surface area contributed by atoms with E-state index in [0.29, 0.717) is 37.5 Å². The molecule has 37 heavy (non-hydrogen) atoms. The SMILES string of the molecule is CCCCN1C(=O)[C@@H]([C@H](O)C(C)C)NC(=O)C12CCN(Cc1ccc(Oc3ccc(Cl)cc3)cc1)CC2. The van der Waals surface area contributed by atoms with Gasteiger partial charge in [-0.05, 0) is 67.1 Å². The maximum atomic E-state index is 13.5. The minimum Gasteiger partial charge on any atom is -0.457 e. The van der Waals surface area contributed by atoms with Crippen molar-refractivity contribution in [2.24, 2.45) is 5.92 Å². The van der Waals surface area contributed by atoms with Crippen molar-refractivity contribution in [3.05, 3.63) is 59.1 Å². The highest BCUT2D eigenvalue weighted by Crippen LogP contribution is 2.35. The van der Waals surface area contributed by atoms with Crippen molar-refractivity contribution in [1.82, 2.24) is 15.1 Å². The van der Waals surface area contributed by atoms with Crippen molar-refractivity contribution in [3.8, 4) is 11.5 Å². The van der Waals surface area contributed by atoms with Crippen LogP contribution in [0.25, 0.3) is 0 Å². The fourth-order valence-corrected chi connectivity index (χ4v) is 5.36. The molecule has 200 valence electrons. The molecule has 0 aromatic heterocycles. The lowest BCUT2D eigenvalue weighted by molar-refractivity contribution is -0.165. The van der Waals surface area contributed by atoms with Gasteiger partial charge in [-0.25, -0.2) is 0 Å². The number of hydrogen-bond acceptors (Lipinski definition) is 5. The van der Waals surface area contributed by atoms with Crippen LogP contribution < -0.4 is 10.1 Å². The van der Waals surface area contributed by atoms with Crippen LogP contribution in [0, 0.1) is 5.92 Å². The molecule has 2 atom stereocenters. The lowest BCUT2D eigenvalue weighted by atomic mass is 9.80. The van der Waals surface area contributed by atoms with E-state index in [1.807, 2.05) is 38.1 Å². The van der Waals surface area contributed by atoms with Crippen LogP contribution in [0.3, 0.4) is 0 Å². The van der Waals surface area contributed by atoms with E-state index in [9.17, 15) is 14.7 Å². The summed E-state index contributed by atoms with van der Waals surface area (Å²) in [4.78, 5) is 31.0. The number of carbonyl (C=O) groups excluding carboxylic acids is 2. The smallest absolute Gasteiger partial charge is 0.248 e. The molecular formula is C29H38ClN3O4. The van der Waals surface area contributed by atoms with Crippen molar-refractivity contribution in [3.63, 3.8) is 0 Å². The Labute approximate surface area is 224 Å². The summed E-state index contributed by atoms with van der Waals surface area (Å²) >= 11 is 5.94. The Kier molecular flexibility index (Phi) is 8.78. The summed E-state index contributed by atoms with van der Waals surface area (Å²) in [6, 6.07) is 14.4. The lowest BCUT2D eigenvalue weighted by Crippen LogP contribution is -2.74. The minimum absolute atomic E-state index is 0.124. The Balaban J connectivity index is 1.39. The average Bonchev–Trinajstić information content (AvgIpc) is 2.89. The van der Waals surface area contributed by atoms with E-state index in [-0.39, 0.29) is 17.7 Å². The predicted molar refractivity (Wildman–Crippen MR) is 145 cm³/mol. The first-order valence-electron chi connectivity index (χ1n) is 13.3. The fourth-order valence-electron chi connectivity index (χ4n) is 5.23. The highest BCUT2D eigenvalue weighted by molar-refractivity contribution is 6.30. The first-order valence-corrected chi connectivity index (χ1v) is 13.7. The number of likely N-dealkylation sites (tertiary alicyclic amines) is 1. The topological polar surface area (TPSA) is 82.1 Å². The largest absolute Gasteiger partial charge is 0.457 e. The van der Waals surface area contributed by atoms with E-state index in [2.05, 4.69) is 29.3 Å². The number of benzene rings is 2. The number of amides is 2. The molecule has 0 unspecified atom stereocenters. The molecule has 2 aromatic carbocycles. The second-order valence-electron chi connectivity index (χ2n) is 10.5. The molecule has 7 nitrogen and oxygen atoms in total. The summed E-state index contributed by atoms with van der Waals surface area (Å²) in [6.45, 7) is 8.53. The van der Waals surface area contributed by atoms with E-state index >= 15 is 0 Å². The maximum Gasteiger partial charge on any atom is 0.248 e. The van der Waals surface area contributed by atoms with E-state index < -0.39 is 17.7 Å². The first kappa shape index (κ1) is 27.4. The van der Waals surface area contributed by atoms with Gasteiger partial charge >= 0.3 is 0 Å². The summed E-state index contributed by atoms with van der Waals surface area (Å²) in [5.74, 6) is 1.08. The minimum atomic E-state index is -0.898. The van der Waals surface area contributed by atoms with Crippen molar-refractivity contribution >= 4 is 23.4 Å². The van der Waals surface area contributed by atoms with Gasteiger partial charge in [-0.15, -0.1) is 0 Å². The summed E-state index contributed by atoms with van der Waals surface area (Å²) in [5.41, 5.74) is 0.318. The molecule has 4 rings (SSSR count). The van der Waals surface area contributed by atoms with Crippen LogP contribution in [0.1, 0.15) is 52.0 Å². The quantitative estimate of drug-likeness (QED) is 0.497. The number of unbranched alkanes of at least 4 members (excludes halogenated alkanes) is 1. The fraction of sp³-hybridized carbons (Fsp3) is 0.517. The van der Waals surface area contributed by atoms with E-state index in [1.54, 1.807) is 17.0 Å². The molecule has 2 saturated heterocycles. The number of piperazine rings is 1. The third-order valence-corrected chi connectivity index (χ3v) is 7.83. The van der Waals surface area contributed by atoms with Gasteiger partial charge in [-0.2, -0.15) is 0 Å². The number of nitrogens with one attached hydrogen (secondary N) is 1. The molecule has 0 bridgehead atoms. The average molecular weight is 528 g/mol. The molecule has 2 heterocycles. The second-order valence-corrected chi connectivity index (χ2v) is 11.0. The molecule has 2 aromatic rings. The van der Waals surface area contributed by atoms with Crippen molar-refractivity contribution in [2.75, 3.05) is 19.6 Å². The van der Waals surface area contributed by atoms with Crippen molar-refractivity contribution < 1.29 is 19.4 Å². The number of nitrogens with zero attached hydrogens (tertiary/aromatic N) is 2. The Bertz CT molecular complexity index is 1070. The van der Waals surface area contributed by atoms with Crippen molar-refractivity contribution in [2.45, 2.75) is 70.7 Å². The molecule has 2 aliphatic heterocycles. The van der Waals surface area contributed by atoms with Gasteiger partial charge in [0, 0.05) is 31.2 Å². The first-order chi connectivity index (χ1) is 17.7. The maximum absolute atomic E-state index is 13.5. The van der Waals surface area contributed by atoms with E-state index in [4.69, 9.17) is 16.3 Å². The molecule has 2 amide bonds. The number of rotatable bonds is 9. The number of halogens is 1. The third kappa shape index (κ3) is 6.11. The van der Waals surface area contributed by atoms with E-state index in [1.165, 1.54) is 0 Å². The highest BCUT2D eigenvalue weighted by atomic mass is 35.5. The zero-order valence-electron chi connectivity index (χ0n) is 22.0. The van der Waals surface area contributed by atoms with Crippen LogP contribution in [0.15, 0.2) is 48.5 Å². The van der Waals surface area contributed by atoms with Crippen LogP contribution in [0.2, 0.25) is 5.02 Å². The molecule has 8 heteroatoms. The number of hydrogen-bond donors (Lipinski definition) is 2. The Morgan fingerprint density at radius 3 is 2.22 bits per heavy atom. The summed E-state index contributed by atoms with van der Waals surface area (Å²) < 4.78 is 5.89. The van der Waals surface area contributed by atoms with Crippen molar-refractivity contribution in [1.29, 1.82) is 0 Å². The number of ether oxygens (including phenoxy) is 1. The normalized spacial score (nSPS) is 20.8. The van der Waals surface area contributed by atoms with Crippen LogP contribution >= 0.6 is 11.6 Å². The second kappa shape index (κ2) is 11.8. The zero-order valence-corrected chi connectivity index (χ0v) is 22.7. The summed E-state index contributed by atoms with van der Waals surface area (Å²) in [5, 5.41) is 14.2.